The lowest BCUT2D eigenvalue weighted by atomic mass is 10.2. The van der Waals surface area contributed by atoms with E-state index < -0.39 is 34.2 Å². The molecule has 2 rings (SSSR count). The van der Waals surface area contributed by atoms with E-state index in [4.69, 9.17) is 0 Å². The maximum absolute atomic E-state index is 12.7. The first-order chi connectivity index (χ1) is 13.1. The molecular formula is C16H11BrF3N3O4S. The van der Waals surface area contributed by atoms with Crippen molar-refractivity contribution >= 4 is 45.2 Å². The first-order valence-electron chi connectivity index (χ1n) is 7.41. The van der Waals surface area contributed by atoms with Gasteiger partial charge in [-0.3, -0.25) is 30.6 Å². The molecule has 0 aromatic heterocycles. The van der Waals surface area contributed by atoms with Crippen LogP contribution in [0, 0.1) is 10.1 Å². The highest BCUT2D eigenvalue weighted by molar-refractivity contribution is 9.10. The number of halogens is 4. The molecular weight excluding hydrogens is 467 g/mol. The SMILES string of the molecule is O=C(CSc1ccc(C(F)(F)F)cc1[N+](=O)[O-])NNC(=O)c1ccc(Br)cc1. The summed E-state index contributed by atoms with van der Waals surface area (Å²) in [6, 6.07) is 8.35. The van der Waals surface area contributed by atoms with Crippen molar-refractivity contribution < 1.29 is 27.7 Å². The lowest BCUT2D eigenvalue weighted by molar-refractivity contribution is -0.388. The standard InChI is InChI=1S/C16H11BrF3N3O4S/c17-11-4-1-9(2-5-11)15(25)22-21-14(24)8-28-13-6-3-10(16(18,19)20)7-12(13)23(26)27/h1-7H,8H2,(H,21,24)(H,22,25). The van der Waals surface area contributed by atoms with Gasteiger partial charge in [-0.15, -0.1) is 11.8 Å². The fourth-order valence-electron chi connectivity index (χ4n) is 1.94. The average molecular weight is 478 g/mol. The summed E-state index contributed by atoms with van der Waals surface area (Å²) in [5, 5.41) is 11.0. The molecule has 2 amide bonds. The number of amides is 2. The van der Waals surface area contributed by atoms with Crippen molar-refractivity contribution in [3.05, 3.63) is 68.2 Å². The molecule has 7 nitrogen and oxygen atoms in total. The zero-order chi connectivity index (χ0) is 20.9. The summed E-state index contributed by atoms with van der Waals surface area (Å²) in [5.41, 5.74) is 2.67. The van der Waals surface area contributed by atoms with E-state index in [1.807, 2.05) is 0 Å². The number of nitro groups is 1. The Labute approximate surface area is 168 Å². The van der Waals surface area contributed by atoms with Crippen molar-refractivity contribution in [2.24, 2.45) is 0 Å². The van der Waals surface area contributed by atoms with Crippen molar-refractivity contribution in [3.63, 3.8) is 0 Å². The summed E-state index contributed by atoms with van der Waals surface area (Å²) in [5.74, 6) is -1.62. The number of nitrogens with one attached hydrogen (secondary N) is 2. The Bertz CT molecular complexity index is 907. The minimum Gasteiger partial charge on any atom is -0.272 e. The summed E-state index contributed by atoms with van der Waals surface area (Å²) in [4.78, 5) is 33.6. The summed E-state index contributed by atoms with van der Waals surface area (Å²) in [7, 11) is 0. The Hall–Kier alpha value is -2.60. The number of hydrazine groups is 1. The summed E-state index contributed by atoms with van der Waals surface area (Å²) < 4.78 is 38.8. The van der Waals surface area contributed by atoms with E-state index in [1.165, 1.54) is 12.1 Å². The summed E-state index contributed by atoms with van der Waals surface area (Å²) in [6.45, 7) is 0. The number of carbonyl (C=O) groups is 2. The molecule has 0 radical (unpaired) electrons. The Morgan fingerprint density at radius 3 is 2.32 bits per heavy atom. The van der Waals surface area contributed by atoms with Crippen LogP contribution in [0.3, 0.4) is 0 Å². The number of nitro benzene ring substituents is 1. The molecule has 12 heteroatoms. The van der Waals surface area contributed by atoms with Gasteiger partial charge in [0.2, 0.25) is 5.91 Å². The van der Waals surface area contributed by atoms with Crippen molar-refractivity contribution in [2.75, 3.05) is 5.75 Å². The second-order valence-corrected chi connectivity index (χ2v) is 7.17. The fourth-order valence-corrected chi connectivity index (χ4v) is 3.01. The lowest BCUT2D eigenvalue weighted by Crippen LogP contribution is -2.42. The van der Waals surface area contributed by atoms with E-state index in [1.54, 1.807) is 12.1 Å². The second-order valence-electron chi connectivity index (χ2n) is 5.24. The predicted molar refractivity (Wildman–Crippen MR) is 98.6 cm³/mol. The first kappa shape index (κ1) is 21.7. The molecule has 0 saturated heterocycles. The van der Waals surface area contributed by atoms with Crippen LogP contribution in [0.25, 0.3) is 0 Å². The number of thioether (sulfide) groups is 1. The zero-order valence-corrected chi connectivity index (χ0v) is 16.2. The van der Waals surface area contributed by atoms with E-state index in [0.717, 1.165) is 10.5 Å². The minimum atomic E-state index is -4.72. The van der Waals surface area contributed by atoms with Crippen LogP contribution in [0.1, 0.15) is 15.9 Å². The van der Waals surface area contributed by atoms with E-state index in [9.17, 15) is 32.9 Å². The molecule has 28 heavy (non-hydrogen) atoms. The van der Waals surface area contributed by atoms with Crippen molar-refractivity contribution in [2.45, 2.75) is 11.1 Å². The molecule has 0 bridgehead atoms. The Morgan fingerprint density at radius 2 is 1.75 bits per heavy atom. The summed E-state index contributed by atoms with van der Waals surface area (Å²) in [6.07, 6.45) is -4.72. The van der Waals surface area contributed by atoms with Gasteiger partial charge in [-0.25, -0.2) is 0 Å². The number of carbonyl (C=O) groups excluding carboxylic acids is 2. The second kappa shape index (κ2) is 9.06. The maximum Gasteiger partial charge on any atom is 0.416 e. The molecule has 0 atom stereocenters. The number of hydrogen-bond acceptors (Lipinski definition) is 5. The number of alkyl halides is 3. The molecule has 0 aliphatic carbocycles. The molecule has 148 valence electrons. The Kier molecular flexibility index (Phi) is 7.02. The normalized spacial score (nSPS) is 11.0. The van der Waals surface area contributed by atoms with Crippen LogP contribution in [0.2, 0.25) is 0 Å². The first-order valence-corrected chi connectivity index (χ1v) is 9.19. The van der Waals surface area contributed by atoms with Gasteiger partial charge in [-0.2, -0.15) is 13.2 Å². The van der Waals surface area contributed by atoms with Gasteiger partial charge in [0.1, 0.15) is 0 Å². The van der Waals surface area contributed by atoms with Gasteiger partial charge in [0.05, 0.1) is 21.1 Å². The molecule has 0 heterocycles. The van der Waals surface area contributed by atoms with Gasteiger partial charge >= 0.3 is 6.18 Å². The van der Waals surface area contributed by atoms with Crippen LogP contribution in [0.4, 0.5) is 18.9 Å². The van der Waals surface area contributed by atoms with Crippen LogP contribution in [-0.2, 0) is 11.0 Å². The van der Waals surface area contributed by atoms with Gasteiger partial charge in [0, 0.05) is 16.1 Å². The Balaban J connectivity index is 1.96. The van der Waals surface area contributed by atoms with Gasteiger partial charge in [-0.05, 0) is 36.4 Å². The highest BCUT2D eigenvalue weighted by atomic mass is 79.9. The van der Waals surface area contributed by atoms with E-state index in [0.29, 0.717) is 23.9 Å². The van der Waals surface area contributed by atoms with E-state index >= 15 is 0 Å². The van der Waals surface area contributed by atoms with Crippen LogP contribution >= 0.6 is 27.7 Å². The van der Waals surface area contributed by atoms with Gasteiger partial charge < -0.3 is 0 Å². The maximum atomic E-state index is 12.7. The third-order valence-corrected chi connectivity index (χ3v) is 4.86. The van der Waals surface area contributed by atoms with Crippen molar-refractivity contribution in [1.82, 2.24) is 10.9 Å². The van der Waals surface area contributed by atoms with Crippen LogP contribution in [0.5, 0.6) is 0 Å². The molecule has 2 aromatic carbocycles. The van der Waals surface area contributed by atoms with E-state index in [-0.39, 0.29) is 16.2 Å². The molecule has 0 fully saturated rings. The minimum absolute atomic E-state index is 0.104. The van der Waals surface area contributed by atoms with Gasteiger partial charge in [0.15, 0.2) is 0 Å². The Morgan fingerprint density at radius 1 is 1.11 bits per heavy atom. The molecule has 0 saturated carbocycles. The summed E-state index contributed by atoms with van der Waals surface area (Å²) >= 11 is 3.89. The number of hydrogen-bond donors (Lipinski definition) is 2. The van der Waals surface area contributed by atoms with E-state index in [2.05, 4.69) is 26.8 Å². The monoisotopic (exact) mass is 477 g/mol. The largest absolute Gasteiger partial charge is 0.416 e. The molecule has 0 aliphatic heterocycles. The van der Waals surface area contributed by atoms with Crippen LogP contribution in [-0.4, -0.2) is 22.5 Å². The lowest BCUT2D eigenvalue weighted by Gasteiger charge is -2.09. The van der Waals surface area contributed by atoms with Gasteiger partial charge in [-0.1, -0.05) is 15.9 Å². The van der Waals surface area contributed by atoms with Gasteiger partial charge in [0.25, 0.3) is 11.6 Å². The highest BCUT2D eigenvalue weighted by Crippen LogP contribution is 2.36. The number of rotatable bonds is 5. The average Bonchev–Trinajstić information content (AvgIpc) is 2.64. The van der Waals surface area contributed by atoms with Crippen LogP contribution < -0.4 is 10.9 Å². The van der Waals surface area contributed by atoms with Crippen molar-refractivity contribution in [3.8, 4) is 0 Å². The topological polar surface area (TPSA) is 101 Å². The smallest absolute Gasteiger partial charge is 0.272 e. The van der Waals surface area contributed by atoms with Crippen LogP contribution in [0.15, 0.2) is 51.8 Å². The molecule has 0 unspecified atom stereocenters. The van der Waals surface area contributed by atoms with Crippen molar-refractivity contribution in [1.29, 1.82) is 0 Å². The molecule has 2 aromatic rings. The zero-order valence-electron chi connectivity index (χ0n) is 13.7. The quantitative estimate of drug-likeness (QED) is 0.386. The highest BCUT2D eigenvalue weighted by Gasteiger charge is 2.33. The third-order valence-electron chi connectivity index (χ3n) is 3.26. The number of benzene rings is 2. The third kappa shape index (κ3) is 5.96. The molecule has 2 N–H and O–H groups in total. The number of nitrogens with zero attached hydrogens (tertiary/aromatic N) is 1. The molecule has 0 spiro atoms. The predicted octanol–water partition coefficient (Wildman–Crippen LogP) is 3.93. The fraction of sp³-hybridized carbons (Fsp3) is 0.125. The molecule has 0 aliphatic rings.